The Labute approximate surface area is 205 Å². The van der Waals surface area contributed by atoms with Crippen molar-refractivity contribution in [1.82, 2.24) is 15.5 Å². The zero-order valence-corrected chi connectivity index (χ0v) is 21.8. The summed E-state index contributed by atoms with van der Waals surface area (Å²) in [6.45, 7) is 9.63. The number of aliphatic imine (C=N–C) groups is 1. The minimum absolute atomic E-state index is 0. The quantitative estimate of drug-likeness (QED) is 0.287. The number of rotatable bonds is 6. The molecule has 0 spiro atoms. The Morgan fingerprint density at radius 2 is 1.94 bits per heavy atom. The molecule has 1 saturated heterocycles. The number of hydrogen-bond donors (Lipinski definition) is 3. The van der Waals surface area contributed by atoms with Crippen LogP contribution in [0.2, 0.25) is 0 Å². The van der Waals surface area contributed by atoms with Crippen molar-refractivity contribution < 1.29 is 4.79 Å². The highest BCUT2D eigenvalue weighted by Gasteiger charge is 2.31. The van der Waals surface area contributed by atoms with Crippen molar-refractivity contribution in [3.8, 4) is 0 Å². The number of nitrogens with one attached hydrogen (secondary N) is 3. The Kier molecular flexibility index (Phi) is 10.6. The molecule has 2 atom stereocenters. The standard InChI is InChI=1S/C24H39N5O.HI/c1-17(2)29-15-18(3)22(16-29)28-24(25-4)26-14-19-9-8-12-21(13-19)27-23(30)20-10-6-5-7-11-20;/h8-9,12-13,17-18,20,22H,5-7,10-11,14-16H2,1-4H3,(H,27,30)(H2,25,26,28);1H. The first-order valence-corrected chi connectivity index (χ1v) is 11.6. The van der Waals surface area contributed by atoms with Gasteiger partial charge in [0.25, 0.3) is 0 Å². The van der Waals surface area contributed by atoms with Gasteiger partial charge in [-0.1, -0.05) is 38.3 Å². The van der Waals surface area contributed by atoms with Gasteiger partial charge in [-0.15, -0.1) is 24.0 Å². The lowest BCUT2D eigenvalue weighted by molar-refractivity contribution is -0.120. The van der Waals surface area contributed by atoms with Gasteiger partial charge in [0.05, 0.1) is 0 Å². The van der Waals surface area contributed by atoms with Crippen molar-refractivity contribution in [1.29, 1.82) is 0 Å². The third-order valence-corrected chi connectivity index (χ3v) is 6.55. The van der Waals surface area contributed by atoms with Gasteiger partial charge < -0.3 is 16.0 Å². The van der Waals surface area contributed by atoms with Crippen molar-refractivity contribution in [2.24, 2.45) is 16.8 Å². The molecule has 3 rings (SSSR count). The summed E-state index contributed by atoms with van der Waals surface area (Å²) in [5.41, 5.74) is 2.01. The van der Waals surface area contributed by atoms with E-state index in [2.05, 4.69) is 58.7 Å². The molecule has 1 saturated carbocycles. The second-order valence-electron chi connectivity index (χ2n) is 9.23. The van der Waals surface area contributed by atoms with E-state index in [4.69, 9.17) is 0 Å². The summed E-state index contributed by atoms with van der Waals surface area (Å²) in [7, 11) is 1.82. The van der Waals surface area contributed by atoms with E-state index in [1.54, 1.807) is 0 Å². The molecule has 1 aromatic carbocycles. The van der Waals surface area contributed by atoms with Gasteiger partial charge in [-0.3, -0.25) is 14.7 Å². The fourth-order valence-corrected chi connectivity index (χ4v) is 4.54. The van der Waals surface area contributed by atoms with Crippen molar-refractivity contribution in [3.05, 3.63) is 29.8 Å². The first-order valence-electron chi connectivity index (χ1n) is 11.6. The van der Waals surface area contributed by atoms with Gasteiger partial charge in [-0.2, -0.15) is 0 Å². The molecule has 0 aromatic heterocycles. The highest BCUT2D eigenvalue weighted by molar-refractivity contribution is 14.0. The minimum atomic E-state index is 0. The summed E-state index contributed by atoms with van der Waals surface area (Å²) in [6.07, 6.45) is 5.63. The first-order chi connectivity index (χ1) is 14.5. The van der Waals surface area contributed by atoms with Gasteiger partial charge in [-0.05, 0) is 50.3 Å². The molecule has 2 aliphatic rings. The van der Waals surface area contributed by atoms with Gasteiger partial charge in [0.1, 0.15) is 0 Å². The lowest BCUT2D eigenvalue weighted by Crippen LogP contribution is -2.46. The summed E-state index contributed by atoms with van der Waals surface area (Å²) in [5, 5.41) is 10.1. The number of hydrogen-bond acceptors (Lipinski definition) is 3. The smallest absolute Gasteiger partial charge is 0.227 e. The normalized spacial score (nSPS) is 22.8. The lowest BCUT2D eigenvalue weighted by Gasteiger charge is -2.22. The third-order valence-electron chi connectivity index (χ3n) is 6.55. The Balaban J connectivity index is 0.00000341. The maximum Gasteiger partial charge on any atom is 0.227 e. The molecule has 2 unspecified atom stereocenters. The van der Waals surface area contributed by atoms with Crippen LogP contribution in [-0.4, -0.2) is 49.0 Å². The second-order valence-corrected chi connectivity index (χ2v) is 9.23. The van der Waals surface area contributed by atoms with E-state index in [1.165, 1.54) is 19.3 Å². The van der Waals surface area contributed by atoms with E-state index in [0.717, 1.165) is 43.1 Å². The van der Waals surface area contributed by atoms with Crippen LogP contribution in [-0.2, 0) is 11.3 Å². The Bertz CT molecular complexity index is 732. The number of anilines is 1. The van der Waals surface area contributed by atoms with Gasteiger partial charge in [0.15, 0.2) is 5.96 Å². The maximum atomic E-state index is 12.5. The Morgan fingerprint density at radius 3 is 2.58 bits per heavy atom. The van der Waals surface area contributed by atoms with Gasteiger partial charge in [0, 0.05) is 50.4 Å². The molecule has 1 aliphatic carbocycles. The average molecular weight is 542 g/mol. The highest BCUT2D eigenvalue weighted by atomic mass is 127. The van der Waals surface area contributed by atoms with Gasteiger partial charge >= 0.3 is 0 Å². The molecule has 0 bridgehead atoms. The van der Waals surface area contributed by atoms with Crippen molar-refractivity contribution in [3.63, 3.8) is 0 Å². The van der Waals surface area contributed by atoms with Crippen LogP contribution in [0.15, 0.2) is 29.3 Å². The van der Waals surface area contributed by atoms with E-state index in [9.17, 15) is 4.79 Å². The maximum absolute atomic E-state index is 12.5. The number of halogens is 1. The van der Waals surface area contributed by atoms with Crippen LogP contribution in [0.1, 0.15) is 58.4 Å². The molecule has 0 radical (unpaired) electrons. The van der Waals surface area contributed by atoms with Crippen molar-refractivity contribution in [2.75, 3.05) is 25.5 Å². The number of benzene rings is 1. The molecule has 7 heteroatoms. The Morgan fingerprint density at radius 1 is 1.19 bits per heavy atom. The first kappa shape index (κ1) is 25.9. The highest BCUT2D eigenvalue weighted by Crippen LogP contribution is 2.25. The van der Waals surface area contributed by atoms with Crippen molar-refractivity contribution >= 4 is 41.5 Å². The number of guanidine groups is 1. The zero-order valence-electron chi connectivity index (χ0n) is 19.5. The summed E-state index contributed by atoms with van der Waals surface area (Å²) in [6, 6.07) is 9.08. The fraction of sp³-hybridized carbons (Fsp3) is 0.667. The molecule has 31 heavy (non-hydrogen) atoms. The number of carbonyl (C=O) groups is 1. The molecule has 174 valence electrons. The summed E-state index contributed by atoms with van der Waals surface area (Å²) < 4.78 is 0. The molecular formula is C24H40IN5O. The fourth-order valence-electron chi connectivity index (χ4n) is 4.54. The topological polar surface area (TPSA) is 68.8 Å². The van der Waals surface area contributed by atoms with Crippen molar-refractivity contribution in [2.45, 2.75) is 71.5 Å². The predicted octanol–water partition coefficient (Wildman–Crippen LogP) is 4.22. The van der Waals surface area contributed by atoms with E-state index < -0.39 is 0 Å². The largest absolute Gasteiger partial charge is 0.352 e. The third kappa shape index (κ3) is 7.63. The molecule has 1 aliphatic heterocycles. The summed E-state index contributed by atoms with van der Waals surface area (Å²) in [4.78, 5) is 19.4. The van der Waals surface area contributed by atoms with E-state index in [-0.39, 0.29) is 35.8 Å². The predicted molar refractivity (Wildman–Crippen MR) is 140 cm³/mol. The van der Waals surface area contributed by atoms with Crippen LogP contribution in [0.3, 0.4) is 0 Å². The van der Waals surface area contributed by atoms with Gasteiger partial charge in [-0.25, -0.2) is 0 Å². The number of likely N-dealkylation sites (tertiary alicyclic amines) is 1. The Hall–Kier alpha value is -1.35. The molecule has 1 heterocycles. The van der Waals surface area contributed by atoms with Crippen LogP contribution in [0.25, 0.3) is 0 Å². The molecule has 1 aromatic rings. The molecular weight excluding hydrogens is 501 g/mol. The summed E-state index contributed by atoms with van der Waals surface area (Å²) >= 11 is 0. The van der Waals surface area contributed by atoms with Crippen LogP contribution in [0.5, 0.6) is 0 Å². The van der Waals surface area contributed by atoms with E-state index >= 15 is 0 Å². The van der Waals surface area contributed by atoms with Crippen LogP contribution in [0.4, 0.5) is 5.69 Å². The molecule has 3 N–H and O–H groups in total. The molecule has 6 nitrogen and oxygen atoms in total. The number of amides is 1. The molecule has 1 amide bonds. The van der Waals surface area contributed by atoms with Crippen LogP contribution in [0, 0.1) is 11.8 Å². The average Bonchev–Trinajstić information content (AvgIpc) is 3.12. The zero-order chi connectivity index (χ0) is 21.5. The second kappa shape index (κ2) is 12.6. The lowest BCUT2D eigenvalue weighted by atomic mass is 9.88. The van der Waals surface area contributed by atoms with E-state index in [1.807, 2.05) is 19.2 Å². The number of nitrogens with zero attached hydrogens (tertiary/aromatic N) is 2. The molecule has 2 fully saturated rings. The SMILES string of the molecule is CN=C(NCc1cccc(NC(=O)C2CCCCC2)c1)NC1CN(C(C)C)CC1C.I. The van der Waals surface area contributed by atoms with E-state index in [0.29, 0.717) is 24.5 Å². The minimum Gasteiger partial charge on any atom is -0.352 e. The van der Waals surface area contributed by atoms with Gasteiger partial charge in [0.2, 0.25) is 5.91 Å². The van der Waals surface area contributed by atoms with Crippen LogP contribution >= 0.6 is 24.0 Å². The monoisotopic (exact) mass is 541 g/mol. The number of carbonyl (C=O) groups excluding carboxylic acids is 1. The summed E-state index contributed by atoms with van der Waals surface area (Å²) in [5.74, 6) is 1.75. The van der Waals surface area contributed by atoms with Crippen LogP contribution < -0.4 is 16.0 Å².